The van der Waals surface area contributed by atoms with Gasteiger partial charge >= 0.3 is 0 Å². The first-order chi connectivity index (χ1) is 9.58. The first-order valence-electron chi connectivity index (χ1n) is 7.51. The Morgan fingerprint density at radius 2 is 2.05 bits per heavy atom. The van der Waals surface area contributed by atoms with Gasteiger partial charge in [0.25, 0.3) is 0 Å². The van der Waals surface area contributed by atoms with E-state index in [-0.39, 0.29) is 6.04 Å². The maximum atomic E-state index is 10.0. The van der Waals surface area contributed by atoms with Gasteiger partial charge in [-0.15, -0.1) is 0 Å². The number of rotatable bonds is 5. The van der Waals surface area contributed by atoms with Gasteiger partial charge < -0.3 is 10.4 Å². The lowest BCUT2D eigenvalue weighted by Crippen LogP contribution is -2.46. The number of piperazine rings is 1. The largest absolute Gasteiger partial charge is 0.508 e. The molecule has 1 aromatic rings. The van der Waals surface area contributed by atoms with Crippen LogP contribution in [0.4, 0.5) is 0 Å². The number of nitrogens with one attached hydrogen (secondary N) is 1. The molecule has 1 saturated heterocycles. The Balaban J connectivity index is 1.90. The van der Waals surface area contributed by atoms with Gasteiger partial charge in [0.05, 0.1) is 0 Å². The highest BCUT2D eigenvalue weighted by atomic mass is 16.3. The molecule has 0 amide bonds. The van der Waals surface area contributed by atoms with Gasteiger partial charge in [0.1, 0.15) is 5.75 Å². The maximum Gasteiger partial charge on any atom is 0.120 e. The van der Waals surface area contributed by atoms with Gasteiger partial charge in [0.15, 0.2) is 0 Å². The second kappa shape index (κ2) is 7.07. The Morgan fingerprint density at radius 1 is 1.35 bits per heavy atom. The molecule has 112 valence electrons. The van der Waals surface area contributed by atoms with Crippen molar-refractivity contribution in [2.75, 3.05) is 46.3 Å². The van der Waals surface area contributed by atoms with Crippen LogP contribution >= 0.6 is 0 Å². The van der Waals surface area contributed by atoms with E-state index < -0.39 is 0 Å². The van der Waals surface area contributed by atoms with Gasteiger partial charge in [-0.05, 0) is 27.0 Å². The quantitative estimate of drug-likeness (QED) is 0.857. The van der Waals surface area contributed by atoms with E-state index in [2.05, 4.69) is 42.1 Å². The highest BCUT2D eigenvalue weighted by Crippen LogP contribution is 2.28. The van der Waals surface area contributed by atoms with Crippen molar-refractivity contribution < 1.29 is 5.11 Å². The predicted molar refractivity (Wildman–Crippen MR) is 83.2 cm³/mol. The maximum absolute atomic E-state index is 10.0. The number of hydrogen-bond donors (Lipinski definition) is 2. The molecule has 0 saturated carbocycles. The molecular weight excluding hydrogens is 250 g/mol. The third-order valence-electron chi connectivity index (χ3n) is 4.27. The Hall–Kier alpha value is -1.10. The number of phenolic OH excluding ortho intramolecular Hbond substituents is 1. The molecule has 1 aliphatic heterocycles. The summed E-state index contributed by atoms with van der Waals surface area (Å²) in [5.74, 6) is 0.400. The molecule has 20 heavy (non-hydrogen) atoms. The van der Waals surface area contributed by atoms with E-state index in [1.165, 1.54) is 5.56 Å². The fourth-order valence-corrected chi connectivity index (χ4v) is 2.67. The van der Waals surface area contributed by atoms with Crippen molar-refractivity contribution in [3.8, 4) is 5.75 Å². The Kier molecular flexibility index (Phi) is 5.40. The SMILES string of the molecule is Cc1ccc(O)c(C(C)N(C)CCN2CCNCC2)c1. The van der Waals surface area contributed by atoms with Crippen LogP contribution in [-0.4, -0.2) is 61.2 Å². The molecule has 4 heteroatoms. The second-order valence-electron chi connectivity index (χ2n) is 5.81. The molecule has 1 heterocycles. The van der Waals surface area contributed by atoms with Gasteiger partial charge in [-0.3, -0.25) is 9.80 Å². The normalized spacial score (nSPS) is 18.4. The average molecular weight is 277 g/mol. The van der Waals surface area contributed by atoms with E-state index in [4.69, 9.17) is 0 Å². The number of nitrogens with zero attached hydrogens (tertiary/aromatic N) is 2. The molecule has 1 unspecified atom stereocenters. The van der Waals surface area contributed by atoms with Gasteiger partial charge in [-0.2, -0.15) is 0 Å². The molecule has 0 aromatic heterocycles. The van der Waals surface area contributed by atoms with Crippen LogP contribution < -0.4 is 5.32 Å². The highest BCUT2D eigenvalue weighted by molar-refractivity contribution is 5.37. The third kappa shape index (κ3) is 3.95. The first-order valence-corrected chi connectivity index (χ1v) is 7.51. The highest BCUT2D eigenvalue weighted by Gasteiger charge is 2.17. The van der Waals surface area contributed by atoms with Crippen LogP contribution in [0.5, 0.6) is 5.75 Å². The summed E-state index contributed by atoms with van der Waals surface area (Å²) in [5.41, 5.74) is 2.22. The summed E-state index contributed by atoms with van der Waals surface area (Å²) >= 11 is 0. The number of aryl methyl sites for hydroxylation is 1. The summed E-state index contributed by atoms with van der Waals surface area (Å²) in [5, 5.41) is 13.4. The van der Waals surface area contributed by atoms with Gasteiger partial charge in [0, 0.05) is 50.9 Å². The van der Waals surface area contributed by atoms with E-state index in [9.17, 15) is 5.11 Å². The Bertz CT molecular complexity index is 430. The topological polar surface area (TPSA) is 38.7 Å². The van der Waals surface area contributed by atoms with Crippen LogP contribution in [0.2, 0.25) is 0 Å². The summed E-state index contributed by atoms with van der Waals surface area (Å²) in [6.45, 7) is 10.8. The van der Waals surface area contributed by atoms with E-state index in [1.807, 2.05) is 6.07 Å². The average Bonchev–Trinajstić information content (AvgIpc) is 2.47. The van der Waals surface area contributed by atoms with Gasteiger partial charge in [-0.25, -0.2) is 0 Å². The standard InChI is InChI=1S/C16H27N3O/c1-13-4-5-16(20)15(12-13)14(2)18(3)10-11-19-8-6-17-7-9-19/h4-5,12,14,17,20H,6-11H2,1-3H3. The zero-order chi connectivity index (χ0) is 14.5. The minimum absolute atomic E-state index is 0.234. The number of aromatic hydroxyl groups is 1. The lowest BCUT2D eigenvalue weighted by Gasteiger charge is -2.31. The van der Waals surface area contributed by atoms with Crippen LogP contribution in [0, 0.1) is 6.92 Å². The number of benzene rings is 1. The minimum atomic E-state index is 0.234. The molecule has 2 rings (SSSR count). The molecule has 4 nitrogen and oxygen atoms in total. The molecule has 1 aliphatic rings. The minimum Gasteiger partial charge on any atom is -0.508 e. The summed E-state index contributed by atoms with van der Waals surface area (Å²) in [6, 6.07) is 6.07. The van der Waals surface area contributed by atoms with E-state index in [0.29, 0.717) is 5.75 Å². The molecule has 1 aromatic carbocycles. The third-order valence-corrected chi connectivity index (χ3v) is 4.27. The fraction of sp³-hybridized carbons (Fsp3) is 0.625. The predicted octanol–water partition coefficient (Wildman–Crippen LogP) is 1.60. The monoisotopic (exact) mass is 277 g/mol. The first kappa shape index (κ1) is 15.3. The van der Waals surface area contributed by atoms with Crippen molar-refractivity contribution >= 4 is 0 Å². The molecule has 2 N–H and O–H groups in total. The summed E-state index contributed by atoms with van der Waals surface area (Å²) in [7, 11) is 2.13. The fourth-order valence-electron chi connectivity index (χ4n) is 2.67. The molecule has 0 bridgehead atoms. The lowest BCUT2D eigenvalue weighted by molar-refractivity contribution is 0.182. The molecule has 1 atom stereocenters. The zero-order valence-corrected chi connectivity index (χ0v) is 12.9. The molecule has 0 aliphatic carbocycles. The Morgan fingerprint density at radius 3 is 2.75 bits per heavy atom. The van der Waals surface area contributed by atoms with Crippen molar-refractivity contribution in [1.29, 1.82) is 0 Å². The number of likely N-dealkylation sites (N-methyl/N-ethyl adjacent to an activating group) is 1. The molecule has 0 spiro atoms. The Labute approximate surface area is 122 Å². The van der Waals surface area contributed by atoms with Crippen LogP contribution in [0.15, 0.2) is 18.2 Å². The van der Waals surface area contributed by atoms with E-state index in [0.717, 1.165) is 44.8 Å². The summed E-state index contributed by atoms with van der Waals surface area (Å²) in [6.07, 6.45) is 0. The van der Waals surface area contributed by atoms with Crippen LogP contribution in [0.25, 0.3) is 0 Å². The van der Waals surface area contributed by atoms with Crippen LogP contribution in [0.1, 0.15) is 24.1 Å². The lowest BCUT2D eigenvalue weighted by atomic mass is 10.0. The van der Waals surface area contributed by atoms with Crippen LogP contribution in [0.3, 0.4) is 0 Å². The number of phenols is 1. The molecular formula is C16H27N3O. The summed E-state index contributed by atoms with van der Waals surface area (Å²) < 4.78 is 0. The second-order valence-corrected chi connectivity index (χ2v) is 5.81. The van der Waals surface area contributed by atoms with E-state index >= 15 is 0 Å². The summed E-state index contributed by atoms with van der Waals surface area (Å²) in [4.78, 5) is 4.81. The number of hydrogen-bond acceptors (Lipinski definition) is 4. The van der Waals surface area contributed by atoms with Crippen molar-refractivity contribution in [2.24, 2.45) is 0 Å². The van der Waals surface area contributed by atoms with E-state index in [1.54, 1.807) is 6.07 Å². The van der Waals surface area contributed by atoms with Crippen molar-refractivity contribution in [1.82, 2.24) is 15.1 Å². The van der Waals surface area contributed by atoms with Gasteiger partial charge in [0.2, 0.25) is 0 Å². The van der Waals surface area contributed by atoms with Crippen LogP contribution in [-0.2, 0) is 0 Å². The van der Waals surface area contributed by atoms with Crippen molar-refractivity contribution in [2.45, 2.75) is 19.9 Å². The van der Waals surface area contributed by atoms with Crippen molar-refractivity contribution in [3.63, 3.8) is 0 Å². The smallest absolute Gasteiger partial charge is 0.120 e. The van der Waals surface area contributed by atoms with Crippen molar-refractivity contribution in [3.05, 3.63) is 29.3 Å². The van der Waals surface area contributed by atoms with Gasteiger partial charge in [-0.1, -0.05) is 17.7 Å². The molecule has 1 fully saturated rings. The zero-order valence-electron chi connectivity index (χ0n) is 12.9. The molecule has 0 radical (unpaired) electrons.